The number of nitrogens with zero attached hydrogens (tertiary/aromatic N) is 1. The first-order valence-electron chi connectivity index (χ1n) is 7.30. The van der Waals surface area contributed by atoms with Gasteiger partial charge in [0.1, 0.15) is 5.70 Å². The lowest BCUT2D eigenvalue weighted by molar-refractivity contribution is -0.123. The fraction of sp³-hybridized carbons (Fsp3) is 0.111. The lowest BCUT2D eigenvalue weighted by atomic mass is 10.2. The molecule has 0 saturated carbocycles. The molecule has 2 aromatic carbocycles. The SMILES string of the molecule is CSc1ccc(/C=C2/NC(=O)N(Cc3ccc(Cl)cc3)C2=O)cc1. The highest BCUT2D eigenvalue weighted by Crippen LogP contribution is 2.20. The van der Waals surface area contributed by atoms with E-state index < -0.39 is 6.03 Å². The highest BCUT2D eigenvalue weighted by molar-refractivity contribution is 7.98. The van der Waals surface area contributed by atoms with E-state index >= 15 is 0 Å². The first-order chi connectivity index (χ1) is 11.6. The largest absolute Gasteiger partial charge is 0.329 e. The Morgan fingerprint density at radius 3 is 2.38 bits per heavy atom. The van der Waals surface area contributed by atoms with Gasteiger partial charge in [-0.2, -0.15) is 0 Å². The van der Waals surface area contributed by atoms with E-state index in [0.29, 0.717) is 5.02 Å². The number of hydrogen-bond donors (Lipinski definition) is 1. The highest BCUT2D eigenvalue weighted by Gasteiger charge is 2.33. The van der Waals surface area contributed by atoms with Crippen LogP contribution < -0.4 is 5.32 Å². The lowest BCUT2D eigenvalue weighted by Crippen LogP contribution is -2.30. The van der Waals surface area contributed by atoms with Crippen LogP contribution in [0.5, 0.6) is 0 Å². The summed E-state index contributed by atoms with van der Waals surface area (Å²) in [7, 11) is 0. The van der Waals surface area contributed by atoms with Gasteiger partial charge in [-0.25, -0.2) is 4.79 Å². The molecule has 0 bridgehead atoms. The molecule has 1 N–H and O–H groups in total. The number of hydrogen-bond acceptors (Lipinski definition) is 3. The van der Waals surface area contributed by atoms with Gasteiger partial charge >= 0.3 is 6.03 Å². The molecule has 0 atom stereocenters. The predicted octanol–water partition coefficient (Wildman–Crippen LogP) is 4.15. The second-order valence-corrected chi connectivity index (χ2v) is 6.60. The van der Waals surface area contributed by atoms with Crippen LogP contribution in [0.15, 0.2) is 59.1 Å². The van der Waals surface area contributed by atoms with Crippen LogP contribution in [0.4, 0.5) is 4.79 Å². The van der Waals surface area contributed by atoms with Crippen molar-refractivity contribution in [2.24, 2.45) is 0 Å². The van der Waals surface area contributed by atoms with Crippen LogP contribution in [-0.2, 0) is 11.3 Å². The normalized spacial score (nSPS) is 15.9. The summed E-state index contributed by atoms with van der Waals surface area (Å²) in [6.07, 6.45) is 3.69. The fourth-order valence-electron chi connectivity index (χ4n) is 2.35. The maximum absolute atomic E-state index is 12.5. The molecule has 1 fully saturated rings. The van der Waals surface area contributed by atoms with E-state index in [1.165, 1.54) is 4.90 Å². The summed E-state index contributed by atoms with van der Waals surface area (Å²) in [5.74, 6) is -0.330. The van der Waals surface area contributed by atoms with Crippen molar-refractivity contribution in [3.8, 4) is 0 Å². The number of imide groups is 1. The van der Waals surface area contributed by atoms with Gasteiger partial charge in [0.2, 0.25) is 0 Å². The van der Waals surface area contributed by atoms with Gasteiger partial charge in [0, 0.05) is 9.92 Å². The number of benzene rings is 2. The molecular formula is C18H15ClN2O2S. The second-order valence-electron chi connectivity index (χ2n) is 5.28. The van der Waals surface area contributed by atoms with E-state index in [1.54, 1.807) is 42.1 Å². The monoisotopic (exact) mass is 358 g/mol. The molecule has 1 aliphatic rings. The third kappa shape index (κ3) is 3.63. The number of nitrogens with one attached hydrogen (secondary N) is 1. The number of urea groups is 1. The molecule has 0 aliphatic carbocycles. The third-order valence-electron chi connectivity index (χ3n) is 3.64. The quantitative estimate of drug-likeness (QED) is 0.507. The predicted molar refractivity (Wildman–Crippen MR) is 96.7 cm³/mol. The third-order valence-corrected chi connectivity index (χ3v) is 4.64. The minimum absolute atomic E-state index is 0.213. The minimum atomic E-state index is -0.415. The van der Waals surface area contributed by atoms with Gasteiger partial charge in [0.05, 0.1) is 6.54 Å². The van der Waals surface area contributed by atoms with Crippen LogP contribution in [0.3, 0.4) is 0 Å². The number of rotatable bonds is 4. The number of carbonyl (C=O) groups is 2. The van der Waals surface area contributed by atoms with Crippen LogP contribution in [-0.4, -0.2) is 23.1 Å². The summed E-state index contributed by atoms with van der Waals surface area (Å²) in [5.41, 5.74) is 1.99. The summed E-state index contributed by atoms with van der Waals surface area (Å²) in [4.78, 5) is 26.9. The van der Waals surface area contributed by atoms with Gasteiger partial charge in [0.15, 0.2) is 0 Å². The smallest absolute Gasteiger partial charge is 0.303 e. The summed E-state index contributed by atoms with van der Waals surface area (Å²) in [6.45, 7) is 0.213. The molecule has 1 aliphatic heterocycles. The van der Waals surface area contributed by atoms with E-state index in [9.17, 15) is 9.59 Å². The molecule has 0 unspecified atom stereocenters. The average molecular weight is 359 g/mol. The van der Waals surface area contributed by atoms with Gasteiger partial charge in [-0.05, 0) is 47.7 Å². The molecule has 3 rings (SSSR count). The maximum atomic E-state index is 12.5. The molecule has 1 heterocycles. The Kier molecular flexibility index (Phi) is 4.92. The number of amides is 3. The van der Waals surface area contributed by atoms with Crippen LogP contribution in [0.1, 0.15) is 11.1 Å². The van der Waals surface area contributed by atoms with Crippen molar-refractivity contribution in [1.82, 2.24) is 10.2 Å². The Hall–Kier alpha value is -2.24. The van der Waals surface area contributed by atoms with Crippen LogP contribution >= 0.6 is 23.4 Å². The molecular weight excluding hydrogens is 344 g/mol. The molecule has 0 aromatic heterocycles. The molecule has 3 amide bonds. The molecule has 2 aromatic rings. The lowest BCUT2D eigenvalue weighted by Gasteiger charge is -2.11. The zero-order chi connectivity index (χ0) is 17.1. The van der Waals surface area contributed by atoms with E-state index in [-0.39, 0.29) is 18.1 Å². The van der Waals surface area contributed by atoms with Crippen LogP contribution in [0.25, 0.3) is 6.08 Å². The van der Waals surface area contributed by atoms with Crippen molar-refractivity contribution >= 4 is 41.4 Å². The van der Waals surface area contributed by atoms with Gasteiger partial charge in [-0.15, -0.1) is 11.8 Å². The van der Waals surface area contributed by atoms with Crippen LogP contribution in [0, 0.1) is 0 Å². The Morgan fingerprint density at radius 1 is 1.08 bits per heavy atom. The van der Waals surface area contributed by atoms with Crippen LogP contribution in [0.2, 0.25) is 5.02 Å². The standard InChI is InChI=1S/C18H15ClN2O2S/c1-24-15-8-4-12(5-9-15)10-16-17(22)21(18(23)20-16)11-13-2-6-14(19)7-3-13/h2-10H,11H2,1H3,(H,20,23)/b16-10+. The zero-order valence-electron chi connectivity index (χ0n) is 13.0. The van der Waals surface area contributed by atoms with Gasteiger partial charge in [-0.3, -0.25) is 9.69 Å². The molecule has 1 saturated heterocycles. The highest BCUT2D eigenvalue weighted by atomic mass is 35.5. The van der Waals surface area contributed by atoms with Gasteiger partial charge in [-0.1, -0.05) is 35.9 Å². The number of carbonyl (C=O) groups excluding carboxylic acids is 2. The van der Waals surface area contributed by atoms with Gasteiger partial charge < -0.3 is 5.32 Å². The maximum Gasteiger partial charge on any atom is 0.329 e. The first-order valence-corrected chi connectivity index (χ1v) is 8.90. The second kappa shape index (κ2) is 7.11. The van der Waals surface area contributed by atoms with Crippen molar-refractivity contribution in [1.29, 1.82) is 0 Å². The van der Waals surface area contributed by atoms with E-state index in [0.717, 1.165) is 16.0 Å². The van der Waals surface area contributed by atoms with E-state index in [2.05, 4.69) is 5.32 Å². The van der Waals surface area contributed by atoms with Crippen molar-refractivity contribution in [3.05, 3.63) is 70.4 Å². The summed E-state index contributed by atoms with van der Waals surface area (Å²) >= 11 is 7.50. The molecule has 0 spiro atoms. The topological polar surface area (TPSA) is 49.4 Å². The van der Waals surface area contributed by atoms with Crippen molar-refractivity contribution in [3.63, 3.8) is 0 Å². The molecule has 0 radical (unpaired) electrons. The van der Waals surface area contributed by atoms with Crippen molar-refractivity contribution < 1.29 is 9.59 Å². The molecule has 122 valence electrons. The first kappa shape index (κ1) is 16.6. The zero-order valence-corrected chi connectivity index (χ0v) is 14.5. The Morgan fingerprint density at radius 2 is 1.75 bits per heavy atom. The summed E-state index contributed by atoms with van der Waals surface area (Å²) in [6, 6.07) is 14.4. The Balaban J connectivity index is 1.77. The van der Waals surface area contributed by atoms with E-state index in [4.69, 9.17) is 11.6 Å². The Labute approximate surface area is 149 Å². The number of thioether (sulfide) groups is 1. The average Bonchev–Trinajstić information content (AvgIpc) is 2.85. The van der Waals surface area contributed by atoms with Gasteiger partial charge in [0.25, 0.3) is 5.91 Å². The molecule has 6 heteroatoms. The fourth-order valence-corrected chi connectivity index (χ4v) is 2.89. The van der Waals surface area contributed by atoms with Crippen molar-refractivity contribution in [2.75, 3.05) is 6.26 Å². The molecule has 24 heavy (non-hydrogen) atoms. The minimum Gasteiger partial charge on any atom is -0.303 e. The molecule has 4 nitrogen and oxygen atoms in total. The van der Waals surface area contributed by atoms with E-state index in [1.807, 2.05) is 30.5 Å². The number of halogens is 1. The summed E-state index contributed by atoms with van der Waals surface area (Å²) in [5, 5.41) is 3.25. The Bertz CT molecular complexity index is 801. The summed E-state index contributed by atoms with van der Waals surface area (Å²) < 4.78 is 0. The van der Waals surface area contributed by atoms with Crippen molar-refractivity contribution in [2.45, 2.75) is 11.4 Å².